The Balaban J connectivity index is 1.59. The number of aromatic nitrogens is 1. The van der Waals surface area contributed by atoms with E-state index in [1.165, 1.54) is 12.3 Å². The van der Waals surface area contributed by atoms with E-state index in [9.17, 15) is 18.3 Å². The number of carbonyl (C=O) groups excluding carboxylic acids is 1. The van der Waals surface area contributed by atoms with Crippen LogP contribution in [0.25, 0.3) is 0 Å². The first-order chi connectivity index (χ1) is 20.0. The molecule has 0 saturated heterocycles. The van der Waals surface area contributed by atoms with E-state index >= 15 is 0 Å². The van der Waals surface area contributed by atoms with Crippen LogP contribution in [0.5, 0.6) is 0 Å². The Kier molecular flexibility index (Phi) is 8.06. The molecule has 1 aliphatic heterocycles. The third-order valence-corrected chi connectivity index (χ3v) is 9.20. The quantitative estimate of drug-likeness (QED) is 0.219. The van der Waals surface area contributed by atoms with Gasteiger partial charge in [-0.25, -0.2) is 18.2 Å². The Morgan fingerprint density at radius 2 is 1.38 bits per heavy atom. The first-order valence-corrected chi connectivity index (χ1v) is 15.6. The minimum absolute atomic E-state index is 0.00843. The van der Waals surface area contributed by atoms with E-state index in [4.69, 9.17) is 4.74 Å². The first kappa shape index (κ1) is 29.3. The second-order valence-corrected chi connectivity index (χ2v) is 13.9. The topological polar surface area (TPSA) is 93.6 Å². The highest BCUT2D eigenvalue weighted by Crippen LogP contribution is 2.49. The highest BCUT2D eigenvalue weighted by Gasteiger charge is 2.52. The summed E-state index contributed by atoms with van der Waals surface area (Å²) in [6.45, 7) is 5.99. The predicted octanol–water partition coefficient (Wildman–Crippen LogP) is 6.78. The molecule has 0 amide bonds. The predicted molar refractivity (Wildman–Crippen MR) is 163 cm³/mol. The van der Waals surface area contributed by atoms with Crippen molar-refractivity contribution < 1.29 is 23.1 Å². The maximum Gasteiger partial charge on any atom is 0.339 e. The number of hydrogen-bond acceptors (Lipinski definition) is 6. The van der Waals surface area contributed by atoms with Gasteiger partial charge in [0.05, 0.1) is 11.3 Å². The van der Waals surface area contributed by atoms with E-state index in [1.54, 1.807) is 30.3 Å². The zero-order valence-corrected chi connectivity index (χ0v) is 24.8. The van der Waals surface area contributed by atoms with Crippen LogP contribution < -0.4 is 0 Å². The molecule has 1 N–H and O–H groups in total. The third-order valence-electron chi connectivity index (χ3n) is 7.61. The second kappa shape index (κ2) is 11.6. The highest BCUT2D eigenvalue weighted by atomic mass is 32.2. The Morgan fingerprint density at radius 1 is 0.810 bits per heavy atom. The summed E-state index contributed by atoms with van der Waals surface area (Å²) in [5.74, 6) is -1.44. The molecule has 2 heterocycles. The summed E-state index contributed by atoms with van der Waals surface area (Å²) in [5, 5.41) is 12.0. The van der Waals surface area contributed by atoms with Crippen molar-refractivity contribution in [3.05, 3.63) is 143 Å². The molecule has 6 nitrogen and oxygen atoms in total. The van der Waals surface area contributed by atoms with Crippen molar-refractivity contribution in [1.29, 1.82) is 0 Å². The molecule has 7 heteroatoms. The molecule has 0 radical (unpaired) electrons. The summed E-state index contributed by atoms with van der Waals surface area (Å²) < 4.78 is 32.4. The number of esters is 1. The average molecular weight is 582 g/mol. The van der Waals surface area contributed by atoms with Crippen LogP contribution in [-0.2, 0) is 38.0 Å². The standard InChI is InChI=1S/C35H35NO5S/c1-34(2,3)31(28-18-12-17-27(21-28)24-42(39,40)29-19-10-11-20-36-29)30-32(37)35(41-33(30)38,22-25-13-6-4-7-14-25)23-26-15-8-5-9-16-26/h4-21,31,37H,22-24H2,1-3H3. The molecular formula is C35H35NO5S. The maximum atomic E-state index is 13.8. The molecule has 1 atom stereocenters. The Morgan fingerprint density at radius 3 is 1.93 bits per heavy atom. The van der Waals surface area contributed by atoms with Gasteiger partial charge in [0.15, 0.2) is 20.5 Å². The van der Waals surface area contributed by atoms with Crippen molar-refractivity contribution in [2.24, 2.45) is 5.41 Å². The Hall–Kier alpha value is -4.23. The van der Waals surface area contributed by atoms with E-state index in [1.807, 2.05) is 87.5 Å². The van der Waals surface area contributed by atoms with E-state index in [0.717, 1.165) is 16.7 Å². The van der Waals surface area contributed by atoms with Gasteiger partial charge in [-0.15, -0.1) is 0 Å². The van der Waals surface area contributed by atoms with Gasteiger partial charge in [-0.1, -0.05) is 112 Å². The van der Waals surface area contributed by atoms with Gasteiger partial charge >= 0.3 is 5.97 Å². The molecule has 0 saturated carbocycles. The number of aliphatic hydroxyl groups excluding tert-OH is 1. The van der Waals surface area contributed by atoms with Crippen LogP contribution in [0.4, 0.5) is 0 Å². The van der Waals surface area contributed by atoms with Crippen molar-refractivity contribution in [2.45, 2.75) is 55.9 Å². The molecule has 0 spiro atoms. The van der Waals surface area contributed by atoms with Gasteiger partial charge in [-0.2, -0.15) is 0 Å². The molecule has 0 fully saturated rings. The summed E-state index contributed by atoms with van der Waals surface area (Å²) in [5.41, 5.74) is 1.57. The lowest BCUT2D eigenvalue weighted by Crippen LogP contribution is -2.37. The number of rotatable bonds is 9. The van der Waals surface area contributed by atoms with Gasteiger partial charge in [0, 0.05) is 25.0 Å². The smallest absolute Gasteiger partial charge is 0.339 e. The number of cyclic esters (lactones) is 1. The molecule has 5 rings (SSSR count). The number of hydrogen-bond donors (Lipinski definition) is 1. The fraction of sp³-hybridized carbons (Fsp3) is 0.257. The van der Waals surface area contributed by atoms with Crippen molar-refractivity contribution in [1.82, 2.24) is 4.98 Å². The lowest BCUT2D eigenvalue weighted by Gasteiger charge is -2.32. The zero-order chi connectivity index (χ0) is 30.0. The molecule has 4 aromatic rings. The van der Waals surface area contributed by atoms with Crippen LogP contribution >= 0.6 is 0 Å². The minimum Gasteiger partial charge on any atom is -0.507 e. The van der Waals surface area contributed by atoms with E-state index < -0.39 is 32.7 Å². The van der Waals surface area contributed by atoms with Crippen molar-refractivity contribution in [2.75, 3.05) is 0 Å². The first-order valence-electron chi connectivity index (χ1n) is 14.0. The normalized spacial score (nSPS) is 15.8. The molecule has 1 aliphatic rings. The average Bonchev–Trinajstić information content (AvgIpc) is 3.18. The third kappa shape index (κ3) is 6.16. The van der Waals surface area contributed by atoms with Crippen LogP contribution in [0.1, 0.15) is 48.9 Å². The fourth-order valence-electron chi connectivity index (χ4n) is 5.82. The summed E-state index contributed by atoms with van der Waals surface area (Å²) in [6.07, 6.45) is 2.07. The summed E-state index contributed by atoms with van der Waals surface area (Å²) in [4.78, 5) is 17.8. The van der Waals surface area contributed by atoms with Crippen molar-refractivity contribution >= 4 is 15.8 Å². The van der Waals surface area contributed by atoms with E-state index in [2.05, 4.69) is 4.98 Å². The molecule has 3 aromatic carbocycles. The molecular weight excluding hydrogens is 546 g/mol. The maximum absolute atomic E-state index is 13.8. The Labute approximate surface area is 247 Å². The lowest BCUT2D eigenvalue weighted by atomic mass is 9.71. The van der Waals surface area contributed by atoms with Gasteiger partial charge in [-0.05, 0) is 39.8 Å². The van der Waals surface area contributed by atoms with Crippen molar-refractivity contribution in [3.63, 3.8) is 0 Å². The summed E-state index contributed by atoms with van der Waals surface area (Å²) >= 11 is 0. The van der Waals surface area contributed by atoms with Crippen molar-refractivity contribution in [3.8, 4) is 0 Å². The van der Waals surface area contributed by atoms with E-state index in [-0.39, 0.29) is 22.1 Å². The second-order valence-electron chi connectivity index (χ2n) is 11.9. The number of ether oxygens (including phenoxy) is 1. The number of benzene rings is 3. The molecule has 1 unspecified atom stereocenters. The van der Waals surface area contributed by atoms with Gasteiger partial charge in [0.25, 0.3) is 0 Å². The fourth-order valence-corrected chi connectivity index (χ4v) is 7.09. The monoisotopic (exact) mass is 581 g/mol. The van der Waals surface area contributed by atoms with Gasteiger partial charge in [0.1, 0.15) is 5.76 Å². The molecule has 0 bridgehead atoms. The van der Waals surface area contributed by atoms with E-state index in [0.29, 0.717) is 18.4 Å². The number of pyridine rings is 1. The molecule has 1 aromatic heterocycles. The highest BCUT2D eigenvalue weighted by molar-refractivity contribution is 7.90. The number of nitrogens with zero attached hydrogens (tertiary/aromatic N) is 1. The van der Waals surface area contributed by atoms with Crippen LogP contribution in [0.2, 0.25) is 0 Å². The molecule has 42 heavy (non-hydrogen) atoms. The van der Waals surface area contributed by atoms with Crippen LogP contribution in [-0.4, -0.2) is 30.1 Å². The molecule has 216 valence electrons. The van der Waals surface area contributed by atoms with Gasteiger partial charge in [0.2, 0.25) is 0 Å². The van der Waals surface area contributed by atoms with Gasteiger partial charge in [-0.3, -0.25) is 0 Å². The van der Waals surface area contributed by atoms with Crippen LogP contribution in [0, 0.1) is 5.41 Å². The van der Waals surface area contributed by atoms with Crippen LogP contribution in [0.3, 0.4) is 0 Å². The summed E-state index contributed by atoms with van der Waals surface area (Å²) in [6, 6.07) is 31.4. The number of carbonyl (C=O) groups is 1. The largest absolute Gasteiger partial charge is 0.507 e. The minimum atomic E-state index is -3.68. The zero-order valence-electron chi connectivity index (χ0n) is 24.0. The number of aliphatic hydroxyl groups is 1. The number of sulfone groups is 1. The lowest BCUT2D eigenvalue weighted by molar-refractivity contribution is -0.148. The van der Waals surface area contributed by atoms with Gasteiger partial charge < -0.3 is 9.84 Å². The molecule has 0 aliphatic carbocycles. The Bertz CT molecular complexity index is 1650. The summed E-state index contributed by atoms with van der Waals surface area (Å²) in [7, 11) is -3.68. The van der Waals surface area contributed by atoms with Crippen LogP contribution in [0.15, 0.2) is 126 Å². The SMILES string of the molecule is CC(C)(C)C(C1=C(O)C(Cc2ccccc2)(Cc2ccccc2)OC1=O)c1cccc(CS(=O)(=O)c2ccccn2)c1.